The first kappa shape index (κ1) is 12.6. The summed E-state index contributed by atoms with van der Waals surface area (Å²) in [7, 11) is 1.87. The number of aromatic hydroxyl groups is 1. The smallest absolute Gasteiger partial charge is 0.165 e. The number of aryl methyl sites for hydroxylation is 1. The molecule has 3 aromatic heterocycles. The molecule has 4 aromatic rings. The maximum absolute atomic E-state index is 13.5. The Hall–Kier alpha value is -3.09. The molecule has 0 amide bonds. The van der Waals surface area contributed by atoms with Crippen molar-refractivity contribution in [1.82, 2.24) is 19.5 Å². The number of hydrogen-bond donors (Lipinski definition) is 3. The van der Waals surface area contributed by atoms with Crippen molar-refractivity contribution in [2.45, 2.75) is 0 Å². The van der Waals surface area contributed by atoms with Crippen molar-refractivity contribution in [1.29, 1.82) is 0 Å². The second kappa shape index (κ2) is 4.20. The largest absolute Gasteiger partial charge is 0.505 e. The fourth-order valence-corrected chi connectivity index (χ4v) is 2.73. The highest BCUT2D eigenvalue weighted by molar-refractivity contribution is 6.02. The molecular formula is C15H12FN5O. The van der Waals surface area contributed by atoms with E-state index in [0.717, 1.165) is 22.3 Å². The van der Waals surface area contributed by atoms with E-state index >= 15 is 0 Å². The van der Waals surface area contributed by atoms with E-state index in [1.807, 2.05) is 17.8 Å². The first-order valence-electron chi connectivity index (χ1n) is 6.61. The van der Waals surface area contributed by atoms with Gasteiger partial charge in [0.05, 0.1) is 5.39 Å². The number of fused-ring (bicyclic) bond motifs is 2. The van der Waals surface area contributed by atoms with Gasteiger partial charge in [-0.3, -0.25) is 0 Å². The number of aromatic nitrogens is 4. The minimum Gasteiger partial charge on any atom is -0.505 e. The molecule has 0 aliphatic heterocycles. The summed E-state index contributed by atoms with van der Waals surface area (Å²) < 4.78 is 15.3. The van der Waals surface area contributed by atoms with Gasteiger partial charge in [0, 0.05) is 41.5 Å². The van der Waals surface area contributed by atoms with Crippen molar-refractivity contribution in [2.24, 2.45) is 7.05 Å². The van der Waals surface area contributed by atoms with E-state index in [9.17, 15) is 9.50 Å². The maximum atomic E-state index is 13.5. The normalized spacial score (nSPS) is 11.5. The Bertz CT molecular complexity index is 994. The lowest BCUT2D eigenvalue weighted by Crippen LogP contribution is -1.94. The van der Waals surface area contributed by atoms with Crippen LogP contribution in [0.15, 0.2) is 30.7 Å². The zero-order chi connectivity index (χ0) is 15.4. The second-order valence-corrected chi connectivity index (χ2v) is 5.19. The van der Waals surface area contributed by atoms with Gasteiger partial charge < -0.3 is 20.4 Å². The molecule has 0 radical (unpaired) electrons. The molecule has 1 aromatic carbocycles. The number of rotatable bonds is 1. The van der Waals surface area contributed by atoms with Crippen molar-refractivity contribution in [2.75, 3.05) is 5.73 Å². The second-order valence-electron chi connectivity index (χ2n) is 5.19. The Morgan fingerprint density at radius 1 is 1.27 bits per heavy atom. The van der Waals surface area contributed by atoms with Crippen LogP contribution in [0.4, 0.5) is 10.2 Å². The van der Waals surface area contributed by atoms with Gasteiger partial charge in [-0.15, -0.1) is 0 Å². The zero-order valence-electron chi connectivity index (χ0n) is 11.6. The summed E-state index contributed by atoms with van der Waals surface area (Å²) in [5.74, 6) is -0.659. The number of H-pyrrole nitrogens is 1. The third-order valence-corrected chi connectivity index (χ3v) is 3.76. The molecule has 0 aliphatic carbocycles. The van der Waals surface area contributed by atoms with E-state index in [-0.39, 0.29) is 5.75 Å². The topological polar surface area (TPSA) is 92.8 Å². The van der Waals surface area contributed by atoms with Crippen LogP contribution in [0.5, 0.6) is 5.75 Å². The van der Waals surface area contributed by atoms with E-state index in [0.29, 0.717) is 16.7 Å². The van der Waals surface area contributed by atoms with Crippen LogP contribution in [0.1, 0.15) is 0 Å². The third kappa shape index (κ3) is 1.65. The van der Waals surface area contributed by atoms with Gasteiger partial charge in [0.2, 0.25) is 0 Å². The van der Waals surface area contributed by atoms with Gasteiger partial charge in [0.1, 0.15) is 17.8 Å². The standard InChI is InChI=1S/C15H12FN5O/c1-21-5-8(13-14(17)18-6-19-15(13)21)11-3-7-2-9(16)12(22)4-10(7)20-11/h2-6,20,22H,1H3,(H2,17,18,19). The predicted molar refractivity (Wildman–Crippen MR) is 81.8 cm³/mol. The van der Waals surface area contributed by atoms with Crippen molar-refractivity contribution >= 4 is 27.8 Å². The number of nitrogen functional groups attached to an aromatic ring is 1. The van der Waals surface area contributed by atoms with E-state index < -0.39 is 5.82 Å². The molecular weight excluding hydrogens is 285 g/mol. The van der Waals surface area contributed by atoms with E-state index in [2.05, 4.69) is 15.0 Å². The number of nitrogens with one attached hydrogen (secondary N) is 1. The first-order chi connectivity index (χ1) is 10.5. The fourth-order valence-electron chi connectivity index (χ4n) is 2.73. The number of halogens is 1. The average Bonchev–Trinajstić information content (AvgIpc) is 3.02. The molecule has 110 valence electrons. The number of nitrogens with zero attached hydrogens (tertiary/aromatic N) is 3. The number of nitrogens with two attached hydrogens (primary N) is 1. The van der Waals surface area contributed by atoms with Crippen molar-refractivity contribution < 1.29 is 9.50 Å². The molecule has 4 rings (SSSR count). The molecule has 0 atom stereocenters. The quantitative estimate of drug-likeness (QED) is 0.503. The summed E-state index contributed by atoms with van der Waals surface area (Å²) in [6, 6.07) is 4.45. The molecule has 0 unspecified atom stereocenters. The lowest BCUT2D eigenvalue weighted by Gasteiger charge is -1.98. The Morgan fingerprint density at radius 2 is 2.09 bits per heavy atom. The summed E-state index contributed by atoms with van der Waals surface area (Å²) >= 11 is 0. The van der Waals surface area contributed by atoms with Crippen molar-refractivity contribution in [3.05, 3.63) is 36.5 Å². The summed E-state index contributed by atoms with van der Waals surface area (Å²) in [5.41, 5.74) is 8.91. The summed E-state index contributed by atoms with van der Waals surface area (Å²) in [6.07, 6.45) is 3.30. The molecule has 0 fully saturated rings. The van der Waals surface area contributed by atoms with Crippen LogP contribution in [0, 0.1) is 5.82 Å². The van der Waals surface area contributed by atoms with E-state index in [1.165, 1.54) is 18.5 Å². The SMILES string of the molecule is Cn1cc(-c2cc3cc(F)c(O)cc3[nH]2)c2c(N)ncnc21. The van der Waals surface area contributed by atoms with Gasteiger partial charge >= 0.3 is 0 Å². The maximum Gasteiger partial charge on any atom is 0.165 e. The molecule has 7 heteroatoms. The average molecular weight is 297 g/mol. The number of phenolic OH excluding ortho intramolecular Hbond substituents is 1. The Balaban J connectivity index is 2.03. The zero-order valence-corrected chi connectivity index (χ0v) is 11.6. The highest BCUT2D eigenvalue weighted by atomic mass is 19.1. The number of phenols is 1. The molecule has 3 heterocycles. The van der Waals surface area contributed by atoms with Gasteiger partial charge in [0.25, 0.3) is 0 Å². The number of aromatic amines is 1. The Labute approximate surface area is 124 Å². The lowest BCUT2D eigenvalue weighted by atomic mass is 10.1. The highest BCUT2D eigenvalue weighted by Crippen LogP contribution is 2.34. The highest BCUT2D eigenvalue weighted by Gasteiger charge is 2.15. The van der Waals surface area contributed by atoms with Crippen molar-refractivity contribution in [3.63, 3.8) is 0 Å². The van der Waals surface area contributed by atoms with Crippen LogP contribution in [0.25, 0.3) is 33.2 Å². The lowest BCUT2D eigenvalue weighted by molar-refractivity contribution is 0.433. The van der Waals surface area contributed by atoms with Crippen LogP contribution in [-0.4, -0.2) is 24.6 Å². The molecule has 0 saturated heterocycles. The molecule has 4 N–H and O–H groups in total. The number of benzene rings is 1. The molecule has 0 bridgehead atoms. The first-order valence-corrected chi connectivity index (χ1v) is 6.61. The summed E-state index contributed by atoms with van der Waals surface area (Å²) in [6.45, 7) is 0. The van der Waals surface area contributed by atoms with Crippen LogP contribution in [0.3, 0.4) is 0 Å². The molecule has 22 heavy (non-hydrogen) atoms. The minimum absolute atomic E-state index is 0.383. The van der Waals surface area contributed by atoms with Crippen LogP contribution >= 0.6 is 0 Å². The fraction of sp³-hybridized carbons (Fsp3) is 0.0667. The van der Waals surface area contributed by atoms with E-state index in [4.69, 9.17) is 5.73 Å². The van der Waals surface area contributed by atoms with E-state index in [1.54, 1.807) is 6.07 Å². The summed E-state index contributed by atoms with van der Waals surface area (Å²) in [5, 5.41) is 10.9. The van der Waals surface area contributed by atoms with Crippen LogP contribution in [0.2, 0.25) is 0 Å². The molecule has 6 nitrogen and oxygen atoms in total. The Morgan fingerprint density at radius 3 is 2.91 bits per heavy atom. The summed E-state index contributed by atoms with van der Waals surface area (Å²) in [4.78, 5) is 11.4. The number of anilines is 1. The molecule has 0 saturated carbocycles. The van der Waals surface area contributed by atoms with Gasteiger partial charge in [-0.25, -0.2) is 14.4 Å². The van der Waals surface area contributed by atoms with Crippen LogP contribution in [-0.2, 0) is 7.05 Å². The van der Waals surface area contributed by atoms with Gasteiger partial charge in [-0.2, -0.15) is 0 Å². The van der Waals surface area contributed by atoms with Crippen LogP contribution < -0.4 is 5.73 Å². The molecule has 0 aliphatic rings. The minimum atomic E-state index is -0.654. The Kier molecular flexibility index (Phi) is 2.41. The van der Waals surface area contributed by atoms with Gasteiger partial charge in [-0.05, 0) is 12.1 Å². The molecule has 0 spiro atoms. The van der Waals surface area contributed by atoms with Gasteiger partial charge in [-0.1, -0.05) is 0 Å². The van der Waals surface area contributed by atoms with Gasteiger partial charge in [0.15, 0.2) is 11.6 Å². The third-order valence-electron chi connectivity index (χ3n) is 3.76. The number of hydrogen-bond acceptors (Lipinski definition) is 4. The van der Waals surface area contributed by atoms with Crippen molar-refractivity contribution in [3.8, 4) is 17.0 Å². The monoisotopic (exact) mass is 297 g/mol. The predicted octanol–water partition coefficient (Wildman–Crippen LogP) is 2.54.